The van der Waals surface area contributed by atoms with Gasteiger partial charge in [-0.05, 0) is 29.5 Å². The lowest BCUT2D eigenvalue weighted by atomic mass is 10.0. The molecule has 1 fully saturated rings. The van der Waals surface area contributed by atoms with Crippen LogP contribution < -0.4 is 20.7 Å². The van der Waals surface area contributed by atoms with Gasteiger partial charge in [-0.25, -0.2) is 8.78 Å². The molecule has 15 heteroatoms. The number of carbonyl (C=O) groups excluding carboxylic acids is 1. The quantitative estimate of drug-likeness (QED) is 0.161. The van der Waals surface area contributed by atoms with Crippen LogP contribution in [0.4, 0.5) is 33.3 Å². The summed E-state index contributed by atoms with van der Waals surface area (Å²) in [5.74, 6) is 4.04. The van der Waals surface area contributed by atoms with Gasteiger partial charge >= 0.3 is 6.18 Å². The molecule has 3 atom stereocenters. The van der Waals surface area contributed by atoms with E-state index < -0.39 is 42.6 Å². The van der Waals surface area contributed by atoms with Gasteiger partial charge in [0, 0.05) is 39.9 Å². The molecule has 252 valence electrons. The lowest BCUT2D eigenvalue weighted by Crippen LogP contribution is -2.50. The summed E-state index contributed by atoms with van der Waals surface area (Å²) in [5, 5.41) is 27.6. The minimum Gasteiger partial charge on any atom is -0.477 e. The molecule has 1 saturated heterocycles. The third-order valence-electron chi connectivity index (χ3n) is 7.39. The maximum absolute atomic E-state index is 15.2. The molecule has 1 aliphatic rings. The van der Waals surface area contributed by atoms with Crippen LogP contribution in [0.1, 0.15) is 27.2 Å². The van der Waals surface area contributed by atoms with E-state index in [-0.39, 0.29) is 60.3 Å². The van der Waals surface area contributed by atoms with Crippen LogP contribution in [0.2, 0.25) is 0 Å². The van der Waals surface area contributed by atoms with Gasteiger partial charge in [-0.3, -0.25) is 9.69 Å². The van der Waals surface area contributed by atoms with E-state index in [0.717, 1.165) is 23.5 Å². The first kappa shape index (κ1) is 35.7. The summed E-state index contributed by atoms with van der Waals surface area (Å²) in [6.45, 7) is 0.502. The Morgan fingerprint density at radius 3 is 2.74 bits per heavy atom. The number of methoxy groups -OCH3 is 1. The molecule has 1 amide bonds. The van der Waals surface area contributed by atoms with Gasteiger partial charge in [-0.1, -0.05) is 24.0 Å². The standard InChI is InChI=1S/C32H34F5N5O4S/c1-39-31(44)21-13-28(46-12-9-38)27(14-23(21)33)40-10-4-7-29-22(15-32(35,36)37)20-5-3-6-26(30(20)47-29)41-25-8-11-42(17-24(25)34)16-19(43)18-45-2/h3,5-6,13-14,19,24-25,40-41,43H,8,10-12,15-18H2,1-2H3,(H,39,44). The van der Waals surface area contributed by atoms with Crippen molar-refractivity contribution >= 4 is 38.7 Å². The number of anilines is 2. The lowest BCUT2D eigenvalue weighted by molar-refractivity contribution is -0.126. The largest absolute Gasteiger partial charge is 0.477 e. The van der Waals surface area contributed by atoms with Crippen LogP contribution in [0.3, 0.4) is 0 Å². The second-order valence-electron chi connectivity index (χ2n) is 10.8. The predicted octanol–water partition coefficient (Wildman–Crippen LogP) is 4.70. The summed E-state index contributed by atoms with van der Waals surface area (Å²) in [6.07, 6.45) is -7.35. The summed E-state index contributed by atoms with van der Waals surface area (Å²) in [4.78, 5) is 14.0. The second kappa shape index (κ2) is 16.1. The minimum absolute atomic E-state index is 0.00795. The molecule has 2 aromatic carbocycles. The van der Waals surface area contributed by atoms with E-state index in [2.05, 4.69) is 27.8 Å². The Balaban J connectivity index is 1.56. The molecule has 0 spiro atoms. The average Bonchev–Trinajstić information content (AvgIpc) is 3.36. The summed E-state index contributed by atoms with van der Waals surface area (Å²) < 4.78 is 81.6. The number of hydrogen-bond acceptors (Lipinski definition) is 9. The number of hydrogen-bond donors (Lipinski definition) is 4. The Morgan fingerprint density at radius 2 is 2.06 bits per heavy atom. The zero-order valence-electron chi connectivity index (χ0n) is 25.6. The van der Waals surface area contributed by atoms with Crippen molar-refractivity contribution in [3.8, 4) is 23.7 Å². The van der Waals surface area contributed by atoms with E-state index in [1.165, 1.54) is 14.2 Å². The van der Waals surface area contributed by atoms with Gasteiger partial charge < -0.3 is 30.5 Å². The zero-order valence-corrected chi connectivity index (χ0v) is 26.5. The van der Waals surface area contributed by atoms with Crippen LogP contribution in [-0.2, 0) is 11.2 Å². The molecule has 1 aromatic heterocycles. The number of fused-ring (bicyclic) bond motifs is 1. The van der Waals surface area contributed by atoms with Crippen LogP contribution >= 0.6 is 11.3 Å². The van der Waals surface area contributed by atoms with Gasteiger partial charge in [0.15, 0.2) is 6.61 Å². The fraction of sp³-hybridized carbons (Fsp3) is 0.438. The number of ether oxygens (including phenoxy) is 2. The number of thiophene rings is 1. The summed E-state index contributed by atoms with van der Waals surface area (Å²) in [7, 11) is 2.80. The predicted molar refractivity (Wildman–Crippen MR) is 169 cm³/mol. The number of carbonyl (C=O) groups is 1. The number of β-amino-alcohol motifs (C(OH)–C–C–N with tert-alkyl or cyclic N) is 1. The molecule has 4 rings (SSSR count). The Kier molecular flexibility index (Phi) is 12.2. The number of aliphatic hydroxyl groups is 1. The normalized spacial score (nSPS) is 17.3. The van der Waals surface area contributed by atoms with Crippen molar-refractivity contribution in [1.82, 2.24) is 10.2 Å². The highest BCUT2D eigenvalue weighted by molar-refractivity contribution is 7.20. The van der Waals surface area contributed by atoms with Crippen LogP contribution in [0.15, 0.2) is 30.3 Å². The van der Waals surface area contributed by atoms with Crippen molar-refractivity contribution in [2.45, 2.75) is 37.3 Å². The van der Waals surface area contributed by atoms with E-state index in [0.29, 0.717) is 28.7 Å². The maximum atomic E-state index is 15.2. The Hall–Kier alpha value is -4.15. The number of benzene rings is 2. The van der Waals surface area contributed by atoms with E-state index in [4.69, 9.17) is 14.7 Å². The van der Waals surface area contributed by atoms with Gasteiger partial charge in [0.1, 0.15) is 23.8 Å². The van der Waals surface area contributed by atoms with Crippen LogP contribution in [0.25, 0.3) is 10.1 Å². The molecule has 47 heavy (non-hydrogen) atoms. The number of aliphatic hydroxyl groups excluding tert-OH is 1. The molecule has 1 aliphatic heterocycles. The number of piperidine rings is 1. The summed E-state index contributed by atoms with van der Waals surface area (Å²) in [5.41, 5.74) is 0.284. The van der Waals surface area contributed by atoms with Crippen molar-refractivity contribution in [3.63, 3.8) is 0 Å². The second-order valence-corrected chi connectivity index (χ2v) is 11.8. The molecule has 3 aromatic rings. The number of alkyl halides is 4. The van der Waals surface area contributed by atoms with E-state index in [1.54, 1.807) is 24.3 Å². The average molecular weight is 680 g/mol. The fourth-order valence-electron chi connectivity index (χ4n) is 5.29. The lowest BCUT2D eigenvalue weighted by Gasteiger charge is -2.36. The topological polar surface area (TPSA) is 119 Å². The number of likely N-dealkylation sites (tertiary alicyclic amines) is 1. The third-order valence-corrected chi connectivity index (χ3v) is 8.59. The molecule has 4 N–H and O–H groups in total. The maximum Gasteiger partial charge on any atom is 0.393 e. The minimum atomic E-state index is -4.52. The number of amides is 1. The Bertz CT molecular complexity index is 1670. The first-order chi connectivity index (χ1) is 22.4. The Morgan fingerprint density at radius 1 is 1.28 bits per heavy atom. The highest BCUT2D eigenvalue weighted by Crippen LogP contribution is 2.39. The highest BCUT2D eigenvalue weighted by atomic mass is 32.1. The van der Waals surface area contributed by atoms with Crippen molar-refractivity contribution in [2.24, 2.45) is 0 Å². The molecule has 0 saturated carbocycles. The van der Waals surface area contributed by atoms with Gasteiger partial charge in [0.25, 0.3) is 5.91 Å². The van der Waals surface area contributed by atoms with Crippen LogP contribution in [0.5, 0.6) is 5.75 Å². The number of nitrogens with one attached hydrogen (secondary N) is 3. The molecule has 9 nitrogen and oxygen atoms in total. The summed E-state index contributed by atoms with van der Waals surface area (Å²) >= 11 is 1.06. The van der Waals surface area contributed by atoms with E-state index in [9.17, 15) is 27.5 Å². The first-order valence-electron chi connectivity index (χ1n) is 14.6. The molecule has 2 heterocycles. The van der Waals surface area contributed by atoms with Gasteiger partial charge in [0.2, 0.25) is 0 Å². The number of nitrogens with zero attached hydrogens (tertiary/aromatic N) is 2. The number of rotatable bonds is 12. The van der Waals surface area contributed by atoms with Crippen molar-refractivity contribution < 1.29 is 41.3 Å². The molecule has 0 aliphatic carbocycles. The van der Waals surface area contributed by atoms with Crippen LogP contribution in [0, 0.1) is 29.0 Å². The Labute approximate surface area is 272 Å². The van der Waals surface area contributed by atoms with Crippen molar-refractivity contribution in [3.05, 3.63) is 52.2 Å². The van der Waals surface area contributed by atoms with Crippen molar-refractivity contribution in [2.75, 3.05) is 64.2 Å². The fourth-order valence-corrected chi connectivity index (χ4v) is 6.46. The molecule has 3 unspecified atom stereocenters. The van der Waals surface area contributed by atoms with Gasteiger partial charge in [-0.2, -0.15) is 18.4 Å². The molecule has 0 radical (unpaired) electrons. The third kappa shape index (κ3) is 9.45. The smallest absolute Gasteiger partial charge is 0.393 e. The summed E-state index contributed by atoms with van der Waals surface area (Å²) in [6, 6.07) is 8.22. The van der Waals surface area contributed by atoms with E-state index in [1.807, 2.05) is 4.90 Å². The van der Waals surface area contributed by atoms with Gasteiger partial charge in [0.05, 0.1) is 58.2 Å². The first-order valence-corrected chi connectivity index (χ1v) is 15.4. The molecular weight excluding hydrogens is 645 g/mol. The van der Waals surface area contributed by atoms with Crippen LogP contribution in [-0.4, -0.2) is 94.0 Å². The SMILES string of the molecule is CNC(=O)c1cc(OCC#N)c(NCC#Cc2sc3c(NC4CCN(CC(O)COC)CC4F)cccc3c2CC(F)(F)F)cc1F. The highest BCUT2D eigenvalue weighted by Gasteiger charge is 2.33. The molecule has 0 bridgehead atoms. The van der Waals surface area contributed by atoms with E-state index >= 15 is 4.39 Å². The van der Waals surface area contributed by atoms with Gasteiger partial charge in [-0.15, -0.1) is 11.3 Å². The number of halogens is 5. The van der Waals surface area contributed by atoms with Crippen molar-refractivity contribution in [1.29, 1.82) is 5.26 Å². The zero-order chi connectivity index (χ0) is 34.1. The number of nitriles is 1. The molecular formula is C32H34F5N5O4S. The monoisotopic (exact) mass is 679 g/mol.